The van der Waals surface area contributed by atoms with Gasteiger partial charge in [0.25, 0.3) is 0 Å². The number of hydrogen-bond donors (Lipinski definition) is 2. The zero-order valence-corrected chi connectivity index (χ0v) is 16.3. The molecule has 1 aromatic rings. The molecule has 24 heavy (non-hydrogen) atoms. The second-order valence-corrected chi connectivity index (χ2v) is 9.05. The van der Waals surface area contributed by atoms with E-state index < -0.39 is 14.6 Å². The third-order valence-corrected chi connectivity index (χ3v) is 6.03. The van der Waals surface area contributed by atoms with Crippen LogP contribution >= 0.6 is 0 Å². The highest BCUT2D eigenvalue weighted by molar-refractivity contribution is 7.92. The first-order chi connectivity index (χ1) is 11.1. The predicted octanol–water partition coefficient (Wildman–Crippen LogP) is 1.88. The smallest absolute Gasteiger partial charge is 0.191 e. The highest BCUT2D eigenvalue weighted by Crippen LogP contribution is 2.20. The number of rotatable bonds is 7. The van der Waals surface area contributed by atoms with Crippen LogP contribution in [0.2, 0.25) is 0 Å². The van der Waals surface area contributed by atoms with Crippen LogP contribution < -0.4 is 15.4 Å². The van der Waals surface area contributed by atoms with E-state index in [-0.39, 0.29) is 6.54 Å². The molecule has 0 atom stereocenters. The SMILES string of the molecule is CCNC(=NCc1ccc(C)cc1OC)NCC(C)(C)S(C)(=O)=O. The van der Waals surface area contributed by atoms with E-state index in [1.165, 1.54) is 6.26 Å². The summed E-state index contributed by atoms with van der Waals surface area (Å²) in [4.78, 5) is 4.53. The first kappa shape index (κ1) is 20.3. The molecule has 0 amide bonds. The van der Waals surface area contributed by atoms with Gasteiger partial charge in [-0.2, -0.15) is 0 Å². The predicted molar refractivity (Wildman–Crippen MR) is 99.5 cm³/mol. The third-order valence-electron chi connectivity index (χ3n) is 3.88. The van der Waals surface area contributed by atoms with Crippen LogP contribution in [0, 0.1) is 6.92 Å². The standard InChI is InChI=1S/C17H29N3O3S/c1-7-18-16(20-12-17(3,4)24(6,21)22)19-11-14-9-8-13(2)10-15(14)23-5/h8-10H,7,11-12H2,1-6H3,(H2,18,19,20). The Labute approximate surface area is 145 Å². The molecule has 2 N–H and O–H groups in total. The van der Waals surface area contributed by atoms with Gasteiger partial charge in [-0.05, 0) is 39.3 Å². The summed E-state index contributed by atoms with van der Waals surface area (Å²) < 4.78 is 28.1. The van der Waals surface area contributed by atoms with Crippen LogP contribution in [0.5, 0.6) is 5.75 Å². The van der Waals surface area contributed by atoms with Crippen molar-refractivity contribution < 1.29 is 13.2 Å². The Bertz CT molecular complexity index is 682. The van der Waals surface area contributed by atoms with Gasteiger partial charge < -0.3 is 15.4 Å². The first-order valence-electron chi connectivity index (χ1n) is 7.96. The second kappa shape index (κ2) is 8.37. The van der Waals surface area contributed by atoms with Crippen molar-refractivity contribution in [3.8, 4) is 5.75 Å². The van der Waals surface area contributed by atoms with Crippen LogP contribution in [0.25, 0.3) is 0 Å². The number of nitrogens with one attached hydrogen (secondary N) is 2. The Morgan fingerprint density at radius 3 is 2.50 bits per heavy atom. The highest BCUT2D eigenvalue weighted by Gasteiger charge is 2.30. The maximum atomic E-state index is 11.8. The number of nitrogens with zero attached hydrogens (tertiary/aromatic N) is 1. The Balaban J connectivity index is 2.87. The van der Waals surface area contributed by atoms with E-state index in [2.05, 4.69) is 15.6 Å². The molecule has 136 valence electrons. The zero-order valence-electron chi connectivity index (χ0n) is 15.4. The number of aliphatic imine (C=N–C) groups is 1. The highest BCUT2D eigenvalue weighted by atomic mass is 32.2. The summed E-state index contributed by atoms with van der Waals surface area (Å²) in [7, 11) is -1.52. The minimum Gasteiger partial charge on any atom is -0.496 e. The van der Waals surface area contributed by atoms with E-state index in [1.807, 2.05) is 32.0 Å². The van der Waals surface area contributed by atoms with E-state index in [0.717, 1.165) is 16.9 Å². The van der Waals surface area contributed by atoms with Crippen molar-refractivity contribution in [3.05, 3.63) is 29.3 Å². The van der Waals surface area contributed by atoms with Crippen LogP contribution in [-0.4, -0.2) is 45.6 Å². The average molecular weight is 356 g/mol. The number of methoxy groups -OCH3 is 1. The molecular weight excluding hydrogens is 326 g/mol. The number of ether oxygens (including phenoxy) is 1. The minimum absolute atomic E-state index is 0.280. The summed E-state index contributed by atoms with van der Waals surface area (Å²) in [5, 5.41) is 6.23. The molecule has 0 spiro atoms. The van der Waals surface area contributed by atoms with Crippen molar-refractivity contribution in [2.24, 2.45) is 4.99 Å². The van der Waals surface area contributed by atoms with E-state index in [4.69, 9.17) is 4.74 Å². The molecule has 0 aliphatic rings. The Kier molecular flexibility index (Phi) is 7.08. The van der Waals surface area contributed by atoms with Gasteiger partial charge in [0.2, 0.25) is 0 Å². The largest absolute Gasteiger partial charge is 0.496 e. The molecule has 0 fully saturated rings. The lowest BCUT2D eigenvalue weighted by atomic mass is 10.1. The molecule has 7 heteroatoms. The molecule has 0 aromatic heterocycles. The van der Waals surface area contributed by atoms with Crippen molar-refractivity contribution in [3.63, 3.8) is 0 Å². The molecule has 0 saturated heterocycles. The number of hydrogen-bond acceptors (Lipinski definition) is 4. The Morgan fingerprint density at radius 2 is 1.96 bits per heavy atom. The Hall–Kier alpha value is -1.76. The van der Waals surface area contributed by atoms with Gasteiger partial charge in [0.05, 0.1) is 18.4 Å². The van der Waals surface area contributed by atoms with Crippen LogP contribution in [0.4, 0.5) is 0 Å². The summed E-state index contributed by atoms with van der Waals surface area (Å²) in [6.07, 6.45) is 1.25. The van der Waals surface area contributed by atoms with Gasteiger partial charge in [0, 0.05) is 24.9 Å². The quantitative estimate of drug-likeness (QED) is 0.577. The summed E-state index contributed by atoms with van der Waals surface area (Å²) in [5.41, 5.74) is 2.10. The van der Waals surface area contributed by atoms with Crippen LogP contribution in [0.1, 0.15) is 31.9 Å². The van der Waals surface area contributed by atoms with Gasteiger partial charge >= 0.3 is 0 Å². The lowest BCUT2D eigenvalue weighted by Gasteiger charge is -2.24. The van der Waals surface area contributed by atoms with Crippen molar-refractivity contribution in [2.45, 2.75) is 39.0 Å². The summed E-state index contributed by atoms with van der Waals surface area (Å²) >= 11 is 0. The molecule has 0 aliphatic heterocycles. The van der Waals surface area contributed by atoms with Crippen molar-refractivity contribution >= 4 is 15.8 Å². The van der Waals surface area contributed by atoms with Gasteiger partial charge in [-0.1, -0.05) is 12.1 Å². The molecule has 1 rings (SSSR count). The van der Waals surface area contributed by atoms with E-state index in [1.54, 1.807) is 21.0 Å². The number of sulfone groups is 1. The monoisotopic (exact) mass is 355 g/mol. The number of aryl methyl sites for hydroxylation is 1. The van der Waals surface area contributed by atoms with Gasteiger partial charge in [0.15, 0.2) is 15.8 Å². The normalized spacial score (nSPS) is 12.8. The molecule has 0 unspecified atom stereocenters. The molecule has 0 radical (unpaired) electrons. The first-order valence-corrected chi connectivity index (χ1v) is 9.85. The van der Waals surface area contributed by atoms with E-state index in [0.29, 0.717) is 19.0 Å². The lowest BCUT2D eigenvalue weighted by molar-refractivity contribution is 0.409. The Morgan fingerprint density at radius 1 is 1.29 bits per heavy atom. The van der Waals surface area contributed by atoms with Crippen LogP contribution in [0.3, 0.4) is 0 Å². The maximum absolute atomic E-state index is 11.8. The van der Waals surface area contributed by atoms with Gasteiger partial charge in [-0.25, -0.2) is 13.4 Å². The molecule has 6 nitrogen and oxygen atoms in total. The van der Waals surface area contributed by atoms with E-state index >= 15 is 0 Å². The average Bonchev–Trinajstić information content (AvgIpc) is 2.49. The van der Waals surface area contributed by atoms with Crippen LogP contribution in [0.15, 0.2) is 23.2 Å². The lowest BCUT2D eigenvalue weighted by Crippen LogP contribution is -2.47. The maximum Gasteiger partial charge on any atom is 0.191 e. The fraction of sp³-hybridized carbons (Fsp3) is 0.588. The molecule has 1 aromatic carbocycles. The van der Waals surface area contributed by atoms with Crippen LogP contribution in [-0.2, 0) is 16.4 Å². The van der Waals surface area contributed by atoms with Crippen molar-refractivity contribution in [1.82, 2.24) is 10.6 Å². The fourth-order valence-electron chi connectivity index (χ4n) is 1.92. The number of guanidine groups is 1. The summed E-state index contributed by atoms with van der Waals surface area (Å²) in [6, 6.07) is 5.97. The summed E-state index contributed by atoms with van der Waals surface area (Å²) in [6.45, 7) is 8.78. The van der Waals surface area contributed by atoms with Gasteiger partial charge in [0.1, 0.15) is 5.75 Å². The van der Waals surface area contributed by atoms with Gasteiger partial charge in [-0.3, -0.25) is 0 Å². The molecule has 0 heterocycles. The fourth-order valence-corrected chi connectivity index (χ4v) is 2.25. The zero-order chi connectivity index (χ0) is 18.4. The van der Waals surface area contributed by atoms with Gasteiger partial charge in [-0.15, -0.1) is 0 Å². The van der Waals surface area contributed by atoms with E-state index in [9.17, 15) is 8.42 Å². The van der Waals surface area contributed by atoms with Crippen molar-refractivity contribution in [2.75, 3.05) is 26.5 Å². The minimum atomic E-state index is -3.16. The molecule has 0 bridgehead atoms. The molecule has 0 aliphatic carbocycles. The topological polar surface area (TPSA) is 79.8 Å². The third kappa shape index (κ3) is 5.70. The molecular formula is C17H29N3O3S. The summed E-state index contributed by atoms with van der Waals surface area (Å²) in [5.74, 6) is 1.38. The molecule has 0 saturated carbocycles. The number of benzene rings is 1. The van der Waals surface area contributed by atoms with Crippen molar-refractivity contribution in [1.29, 1.82) is 0 Å². The second-order valence-electron chi connectivity index (χ2n) is 6.40.